The van der Waals surface area contributed by atoms with E-state index in [2.05, 4.69) is 20.5 Å². The zero-order valence-corrected chi connectivity index (χ0v) is 12.8. The lowest BCUT2D eigenvalue weighted by Crippen LogP contribution is -2.15. The molecule has 0 radical (unpaired) electrons. The van der Waals surface area contributed by atoms with Crippen molar-refractivity contribution in [1.29, 1.82) is 0 Å². The van der Waals surface area contributed by atoms with Crippen molar-refractivity contribution in [2.24, 2.45) is 0 Å². The van der Waals surface area contributed by atoms with Gasteiger partial charge in [0.25, 0.3) is 5.91 Å². The van der Waals surface area contributed by atoms with Crippen molar-refractivity contribution >= 4 is 28.0 Å². The first-order chi connectivity index (χ1) is 10.1. The second kappa shape index (κ2) is 5.25. The lowest BCUT2D eigenvalue weighted by atomic mass is 10.2. The van der Waals surface area contributed by atoms with E-state index in [9.17, 15) is 4.79 Å². The fraction of sp³-hybridized carbons (Fsp3) is 0.286. The van der Waals surface area contributed by atoms with Gasteiger partial charge in [-0.2, -0.15) is 0 Å². The highest BCUT2D eigenvalue weighted by Crippen LogP contribution is 2.23. The summed E-state index contributed by atoms with van der Waals surface area (Å²) in [5.41, 5.74) is 1.96. The predicted octanol–water partition coefficient (Wildman–Crippen LogP) is 2.87. The van der Waals surface area contributed by atoms with Crippen molar-refractivity contribution in [1.82, 2.24) is 19.6 Å². The standard InChI is InChI=1S/C14H15N5OS/c1-8(2)13-17-18-14(21-13)16-12(20)11-9(3)15-10-6-4-5-7-19(10)11/h4-8H,1-3H3,(H,16,18,20). The summed E-state index contributed by atoms with van der Waals surface area (Å²) in [6, 6.07) is 5.63. The number of hydrogen-bond donors (Lipinski definition) is 1. The summed E-state index contributed by atoms with van der Waals surface area (Å²) in [5.74, 6) is 0.0725. The third kappa shape index (κ3) is 2.52. The van der Waals surface area contributed by atoms with Gasteiger partial charge in [-0.15, -0.1) is 10.2 Å². The van der Waals surface area contributed by atoms with Crippen LogP contribution in [0.4, 0.5) is 5.13 Å². The van der Waals surface area contributed by atoms with Gasteiger partial charge in [0.15, 0.2) is 0 Å². The van der Waals surface area contributed by atoms with Crippen LogP contribution in [-0.4, -0.2) is 25.5 Å². The molecule has 3 heterocycles. The fourth-order valence-corrected chi connectivity index (χ4v) is 2.80. The second-order valence-electron chi connectivity index (χ2n) is 5.03. The van der Waals surface area contributed by atoms with Gasteiger partial charge >= 0.3 is 0 Å². The molecular formula is C14H15N5OS. The van der Waals surface area contributed by atoms with Crippen molar-refractivity contribution in [3.63, 3.8) is 0 Å². The number of carbonyl (C=O) groups excluding carboxylic acids is 1. The number of imidazole rings is 1. The van der Waals surface area contributed by atoms with E-state index in [-0.39, 0.29) is 5.91 Å². The number of aryl methyl sites for hydroxylation is 1. The summed E-state index contributed by atoms with van der Waals surface area (Å²) in [4.78, 5) is 16.8. The van der Waals surface area contributed by atoms with E-state index in [4.69, 9.17) is 0 Å². The Morgan fingerprint density at radius 1 is 1.33 bits per heavy atom. The van der Waals surface area contributed by atoms with Gasteiger partial charge in [0.2, 0.25) is 5.13 Å². The summed E-state index contributed by atoms with van der Waals surface area (Å²) >= 11 is 1.39. The van der Waals surface area contributed by atoms with Gasteiger partial charge in [0.1, 0.15) is 16.3 Å². The molecule has 3 rings (SSSR count). The monoisotopic (exact) mass is 301 g/mol. The minimum absolute atomic E-state index is 0.224. The molecule has 0 bridgehead atoms. The molecule has 0 aliphatic heterocycles. The Balaban J connectivity index is 1.91. The number of nitrogens with zero attached hydrogens (tertiary/aromatic N) is 4. The van der Waals surface area contributed by atoms with Crippen LogP contribution in [0.3, 0.4) is 0 Å². The highest BCUT2D eigenvalue weighted by molar-refractivity contribution is 7.15. The van der Waals surface area contributed by atoms with Crippen LogP contribution in [-0.2, 0) is 0 Å². The molecule has 0 atom stereocenters. The minimum Gasteiger partial charge on any atom is -0.295 e. The van der Waals surface area contributed by atoms with Crippen LogP contribution < -0.4 is 5.32 Å². The first-order valence-electron chi connectivity index (χ1n) is 6.64. The summed E-state index contributed by atoms with van der Waals surface area (Å²) in [6.45, 7) is 5.91. The maximum absolute atomic E-state index is 12.5. The quantitative estimate of drug-likeness (QED) is 0.807. The van der Waals surface area contributed by atoms with E-state index in [0.29, 0.717) is 22.4 Å². The molecule has 0 saturated carbocycles. The van der Waals surface area contributed by atoms with Crippen molar-refractivity contribution < 1.29 is 4.79 Å². The topological polar surface area (TPSA) is 72.2 Å². The summed E-state index contributed by atoms with van der Waals surface area (Å²) in [5, 5.41) is 12.3. The van der Waals surface area contributed by atoms with E-state index in [1.165, 1.54) is 11.3 Å². The normalized spacial score (nSPS) is 11.2. The van der Waals surface area contributed by atoms with E-state index in [0.717, 1.165) is 10.7 Å². The Morgan fingerprint density at radius 2 is 2.14 bits per heavy atom. The van der Waals surface area contributed by atoms with Crippen LogP contribution in [0.15, 0.2) is 24.4 Å². The van der Waals surface area contributed by atoms with Gasteiger partial charge in [0, 0.05) is 12.1 Å². The number of anilines is 1. The zero-order valence-electron chi connectivity index (χ0n) is 12.0. The minimum atomic E-state index is -0.224. The Morgan fingerprint density at radius 3 is 2.86 bits per heavy atom. The molecule has 0 aromatic carbocycles. The Bertz CT molecular complexity index is 805. The maximum atomic E-state index is 12.5. The summed E-state index contributed by atoms with van der Waals surface area (Å²) < 4.78 is 1.77. The Kier molecular flexibility index (Phi) is 3.42. The number of amides is 1. The molecule has 0 fully saturated rings. The average Bonchev–Trinajstić information content (AvgIpc) is 3.01. The molecule has 0 aliphatic carbocycles. The van der Waals surface area contributed by atoms with Gasteiger partial charge in [-0.1, -0.05) is 31.3 Å². The number of rotatable bonds is 3. The molecule has 21 heavy (non-hydrogen) atoms. The van der Waals surface area contributed by atoms with Gasteiger partial charge in [-0.25, -0.2) is 4.98 Å². The highest BCUT2D eigenvalue weighted by Gasteiger charge is 2.18. The van der Waals surface area contributed by atoms with Gasteiger partial charge in [-0.05, 0) is 19.1 Å². The molecule has 1 amide bonds. The van der Waals surface area contributed by atoms with Crippen LogP contribution in [0, 0.1) is 6.92 Å². The number of nitrogens with one attached hydrogen (secondary N) is 1. The van der Waals surface area contributed by atoms with Gasteiger partial charge in [0.05, 0.1) is 5.69 Å². The molecule has 0 unspecified atom stereocenters. The third-order valence-corrected chi connectivity index (χ3v) is 4.21. The van der Waals surface area contributed by atoms with E-state index in [1.807, 2.05) is 45.2 Å². The largest absolute Gasteiger partial charge is 0.295 e. The van der Waals surface area contributed by atoms with Crippen LogP contribution >= 0.6 is 11.3 Å². The molecule has 7 heteroatoms. The Hall–Kier alpha value is -2.28. The van der Waals surface area contributed by atoms with E-state index in [1.54, 1.807) is 4.40 Å². The van der Waals surface area contributed by atoms with Gasteiger partial charge in [-0.3, -0.25) is 14.5 Å². The first-order valence-corrected chi connectivity index (χ1v) is 7.46. The molecule has 6 nitrogen and oxygen atoms in total. The summed E-state index contributed by atoms with van der Waals surface area (Å²) in [7, 11) is 0. The van der Waals surface area contributed by atoms with Crippen molar-refractivity contribution in [3.8, 4) is 0 Å². The molecule has 108 valence electrons. The third-order valence-electron chi connectivity index (χ3n) is 3.07. The van der Waals surface area contributed by atoms with Crippen LogP contribution in [0.25, 0.3) is 5.65 Å². The average molecular weight is 301 g/mol. The molecular weight excluding hydrogens is 286 g/mol. The molecule has 3 aromatic rings. The Labute approximate surface area is 125 Å². The van der Waals surface area contributed by atoms with Crippen LogP contribution in [0.5, 0.6) is 0 Å². The number of aromatic nitrogens is 4. The maximum Gasteiger partial charge on any atom is 0.276 e. The van der Waals surface area contributed by atoms with E-state index < -0.39 is 0 Å². The summed E-state index contributed by atoms with van der Waals surface area (Å²) in [6.07, 6.45) is 1.82. The molecule has 1 N–H and O–H groups in total. The van der Waals surface area contributed by atoms with Crippen molar-refractivity contribution in [3.05, 3.63) is 40.8 Å². The smallest absolute Gasteiger partial charge is 0.276 e. The SMILES string of the molecule is Cc1nc2ccccn2c1C(=O)Nc1nnc(C(C)C)s1. The molecule has 0 saturated heterocycles. The molecule has 3 aromatic heterocycles. The van der Waals surface area contributed by atoms with Crippen LogP contribution in [0.1, 0.15) is 41.0 Å². The zero-order chi connectivity index (χ0) is 15.0. The number of pyridine rings is 1. The molecule has 0 spiro atoms. The second-order valence-corrected chi connectivity index (χ2v) is 6.04. The number of fused-ring (bicyclic) bond motifs is 1. The van der Waals surface area contributed by atoms with Crippen LogP contribution in [0.2, 0.25) is 0 Å². The lowest BCUT2D eigenvalue weighted by molar-refractivity contribution is 0.102. The predicted molar refractivity (Wildman–Crippen MR) is 81.9 cm³/mol. The van der Waals surface area contributed by atoms with Gasteiger partial charge < -0.3 is 0 Å². The lowest BCUT2D eigenvalue weighted by Gasteiger charge is -2.02. The molecule has 0 aliphatic rings. The van der Waals surface area contributed by atoms with Crippen molar-refractivity contribution in [2.75, 3.05) is 5.32 Å². The number of carbonyl (C=O) groups is 1. The van der Waals surface area contributed by atoms with E-state index >= 15 is 0 Å². The highest BCUT2D eigenvalue weighted by atomic mass is 32.1. The van der Waals surface area contributed by atoms with Crippen molar-refractivity contribution in [2.45, 2.75) is 26.7 Å². The fourth-order valence-electron chi connectivity index (χ4n) is 2.06. The first kappa shape index (κ1) is 13.7. The number of hydrogen-bond acceptors (Lipinski definition) is 5.